The molecule has 3 rings (SSSR count). The molecule has 1 aromatic carbocycles. The van der Waals surface area contributed by atoms with E-state index in [-0.39, 0.29) is 18.0 Å². The van der Waals surface area contributed by atoms with Crippen molar-refractivity contribution in [1.82, 2.24) is 4.57 Å². The molecule has 0 saturated heterocycles. The summed E-state index contributed by atoms with van der Waals surface area (Å²) < 4.78 is 7.44. The second kappa shape index (κ2) is 6.03. The molecule has 112 valence electrons. The van der Waals surface area contributed by atoms with Gasteiger partial charge in [-0.2, -0.15) is 0 Å². The molecular weight excluding hydrogens is 300 g/mol. The van der Waals surface area contributed by atoms with Gasteiger partial charge in [-0.1, -0.05) is 6.07 Å². The minimum Gasteiger partial charge on any atom is -0.497 e. The van der Waals surface area contributed by atoms with E-state index in [9.17, 15) is 9.59 Å². The van der Waals surface area contributed by atoms with Gasteiger partial charge in [0.25, 0.3) is 5.56 Å². The molecule has 0 aliphatic rings. The van der Waals surface area contributed by atoms with E-state index in [1.54, 1.807) is 43.6 Å². The van der Waals surface area contributed by atoms with E-state index in [4.69, 9.17) is 4.74 Å². The van der Waals surface area contributed by atoms with Crippen LogP contribution in [0.5, 0.6) is 5.75 Å². The number of anilines is 1. The zero-order valence-corrected chi connectivity index (χ0v) is 12.7. The number of benzene rings is 1. The van der Waals surface area contributed by atoms with Crippen molar-refractivity contribution in [2.24, 2.45) is 0 Å². The number of fused-ring (bicyclic) bond motifs is 1. The maximum atomic E-state index is 12.2. The lowest BCUT2D eigenvalue weighted by atomic mass is 10.3. The minimum absolute atomic E-state index is 0.0260. The van der Waals surface area contributed by atoms with Crippen LogP contribution in [0.25, 0.3) is 10.1 Å². The fraction of sp³-hybridized carbons (Fsp3) is 0.125. The lowest BCUT2D eigenvalue weighted by molar-refractivity contribution is -0.116. The highest BCUT2D eigenvalue weighted by Gasteiger charge is 2.08. The summed E-state index contributed by atoms with van der Waals surface area (Å²) in [5, 5.41) is 5.27. The predicted octanol–water partition coefficient (Wildman–Crippen LogP) is 2.71. The minimum atomic E-state index is -0.259. The highest BCUT2D eigenvalue weighted by molar-refractivity contribution is 7.17. The van der Waals surface area contributed by atoms with Gasteiger partial charge >= 0.3 is 0 Å². The number of amides is 1. The fourth-order valence-electron chi connectivity index (χ4n) is 2.19. The topological polar surface area (TPSA) is 60.3 Å². The van der Waals surface area contributed by atoms with E-state index >= 15 is 0 Å². The van der Waals surface area contributed by atoms with Crippen LogP contribution in [0, 0.1) is 0 Å². The Morgan fingerprint density at radius 1 is 1.32 bits per heavy atom. The van der Waals surface area contributed by atoms with Crippen molar-refractivity contribution in [2.45, 2.75) is 6.54 Å². The van der Waals surface area contributed by atoms with Crippen molar-refractivity contribution in [3.8, 4) is 5.75 Å². The van der Waals surface area contributed by atoms with Gasteiger partial charge in [-0.05, 0) is 29.6 Å². The molecule has 1 N–H and O–H groups in total. The normalized spacial score (nSPS) is 10.6. The number of ether oxygens (including phenoxy) is 1. The summed E-state index contributed by atoms with van der Waals surface area (Å²) in [5.74, 6) is 0.402. The van der Waals surface area contributed by atoms with Crippen LogP contribution in [-0.2, 0) is 11.3 Å². The van der Waals surface area contributed by atoms with E-state index in [1.807, 2.05) is 11.4 Å². The Morgan fingerprint density at radius 2 is 2.18 bits per heavy atom. The first-order valence-corrected chi connectivity index (χ1v) is 7.56. The number of carbonyl (C=O) groups is 1. The number of carbonyl (C=O) groups excluding carboxylic acids is 1. The van der Waals surface area contributed by atoms with E-state index in [2.05, 4.69) is 5.32 Å². The molecule has 3 aromatic rings. The molecule has 0 unspecified atom stereocenters. The first-order valence-electron chi connectivity index (χ1n) is 6.68. The summed E-state index contributed by atoms with van der Waals surface area (Å²) in [7, 11) is 1.57. The van der Waals surface area contributed by atoms with Crippen LogP contribution in [0.4, 0.5) is 5.69 Å². The quantitative estimate of drug-likeness (QED) is 0.805. The number of aromatic nitrogens is 1. The van der Waals surface area contributed by atoms with Gasteiger partial charge in [-0.3, -0.25) is 9.59 Å². The Balaban J connectivity index is 1.78. The summed E-state index contributed by atoms with van der Waals surface area (Å²) in [6.07, 6.45) is 1.65. The van der Waals surface area contributed by atoms with Gasteiger partial charge in [0.05, 0.1) is 12.5 Å². The molecule has 0 aliphatic heterocycles. The largest absolute Gasteiger partial charge is 0.497 e. The molecule has 0 radical (unpaired) electrons. The lowest BCUT2D eigenvalue weighted by Gasteiger charge is -2.08. The molecule has 6 heteroatoms. The third-order valence-corrected chi connectivity index (χ3v) is 4.14. The summed E-state index contributed by atoms with van der Waals surface area (Å²) in [4.78, 5) is 24.3. The average Bonchev–Trinajstić information content (AvgIpc) is 2.99. The fourth-order valence-corrected chi connectivity index (χ4v) is 2.96. The van der Waals surface area contributed by atoms with Gasteiger partial charge in [0.1, 0.15) is 12.3 Å². The number of nitrogens with zero attached hydrogens (tertiary/aromatic N) is 1. The van der Waals surface area contributed by atoms with Gasteiger partial charge < -0.3 is 14.6 Å². The second-order valence-electron chi connectivity index (χ2n) is 4.73. The highest BCUT2D eigenvalue weighted by atomic mass is 32.1. The number of rotatable bonds is 4. The molecule has 0 spiro atoms. The van der Waals surface area contributed by atoms with Crippen molar-refractivity contribution >= 4 is 33.0 Å². The zero-order valence-electron chi connectivity index (χ0n) is 11.9. The standard InChI is InChI=1S/C16H14N2O3S/c1-21-12-4-2-3-11(9-12)17-15(19)10-18-7-5-14-13(16(18)20)6-8-22-14/h2-9H,10H2,1H3,(H,17,19). The SMILES string of the molecule is COc1cccc(NC(=O)Cn2ccc3sccc3c2=O)c1. The summed E-state index contributed by atoms with van der Waals surface area (Å²) in [6, 6.07) is 10.7. The molecule has 22 heavy (non-hydrogen) atoms. The van der Waals surface area contributed by atoms with Crippen LogP contribution in [0.3, 0.4) is 0 Å². The molecule has 0 aliphatic carbocycles. The summed E-state index contributed by atoms with van der Waals surface area (Å²) >= 11 is 1.51. The molecule has 2 heterocycles. The Morgan fingerprint density at radius 3 is 3.00 bits per heavy atom. The number of nitrogens with one attached hydrogen (secondary N) is 1. The van der Waals surface area contributed by atoms with Crippen molar-refractivity contribution in [3.05, 3.63) is 58.3 Å². The highest BCUT2D eigenvalue weighted by Crippen LogP contribution is 2.17. The van der Waals surface area contributed by atoms with E-state index in [1.165, 1.54) is 15.9 Å². The van der Waals surface area contributed by atoms with Crippen molar-refractivity contribution in [3.63, 3.8) is 0 Å². The first-order chi connectivity index (χ1) is 10.7. The van der Waals surface area contributed by atoms with Crippen molar-refractivity contribution in [2.75, 3.05) is 12.4 Å². The molecule has 5 nitrogen and oxygen atoms in total. The Labute approximate surface area is 130 Å². The van der Waals surface area contributed by atoms with Gasteiger partial charge in [-0.25, -0.2) is 0 Å². The smallest absolute Gasteiger partial charge is 0.259 e. The third kappa shape index (κ3) is 2.87. The first kappa shape index (κ1) is 14.3. The van der Waals surface area contributed by atoms with E-state index < -0.39 is 0 Å². The zero-order chi connectivity index (χ0) is 15.5. The van der Waals surface area contributed by atoms with E-state index in [0.29, 0.717) is 16.8 Å². The molecule has 0 saturated carbocycles. The van der Waals surface area contributed by atoms with Gasteiger partial charge in [0.2, 0.25) is 5.91 Å². The lowest BCUT2D eigenvalue weighted by Crippen LogP contribution is -2.26. The van der Waals surface area contributed by atoms with Gasteiger partial charge in [0.15, 0.2) is 0 Å². The monoisotopic (exact) mass is 314 g/mol. The van der Waals surface area contributed by atoms with Crippen LogP contribution >= 0.6 is 11.3 Å². The molecule has 0 fully saturated rings. The molecule has 2 aromatic heterocycles. The van der Waals surface area contributed by atoms with Crippen molar-refractivity contribution in [1.29, 1.82) is 0 Å². The van der Waals surface area contributed by atoms with Crippen LogP contribution in [0.2, 0.25) is 0 Å². The third-order valence-electron chi connectivity index (χ3n) is 3.26. The van der Waals surface area contributed by atoms with Crippen LogP contribution in [-0.4, -0.2) is 17.6 Å². The average molecular weight is 314 g/mol. The Kier molecular flexibility index (Phi) is 3.93. The van der Waals surface area contributed by atoms with Gasteiger partial charge in [-0.15, -0.1) is 11.3 Å². The number of pyridine rings is 1. The maximum absolute atomic E-state index is 12.2. The Bertz CT molecular complexity index is 882. The summed E-state index contributed by atoms with van der Waals surface area (Å²) in [5.41, 5.74) is 0.480. The number of hydrogen-bond donors (Lipinski definition) is 1. The van der Waals surface area contributed by atoms with Crippen LogP contribution in [0.15, 0.2) is 52.8 Å². The number of hydrogen-bond acceptors (Lipinski definition) is 4. The second-order valence-corrected chi connectivity index (χ2v) is 5.68. The number of methoxy groups -OCH3 is 1. The predicted molar refractivity (Wildman–Crippen MR) is 87.7 cm³/mol. The Hall–Kier alpha value is -2.60. The molecule has 0 bridgehead atoms. The summed E-state index contributed by atoms with van der Waals surface area (Å²) in [6.45, 7) is -0.0260. The molecular formula is C16H14N2O3S. The molecule has 0 atom stereocenters. The van der Waals surface area contributed by atoms with Crippen LogP contribution in [0.1, 0.15) is 0 Å². The van der Waals surface area contributed by atoms with E-state index in [0.717, 1.165) is 4.70 Å². The van der Waals surface area contributed by atoms with Gasteiger partial charge in [0, 0.05) is 22.7 Å². The van der Waals surface area contributed by atoms with Crippen LogP contribution < -0.4 is 15.6 Å². The van der Waals surface area contributed by atoms with Crippen molar-refractivity contribution < 1.29 is 9.53 Å². The molecule has 1 amide bonds. The number of thiophene rings is 1. The maximum Gasteiger partial charge on any atom is 0.259 e.